The van der Waals surface area contributed by atoms with Crippen LogP contribution in [-0.2, 0) is 0 Å². The van der Waals surface area contributed by atoms with Crippen molar-refractivity contribution in [1.82, 2.24) is 20.2 Å². The minimum Gasteiger partial charge on any atom is -0.382 e. The van der Waals surface area contributed by atoms with Gasteiger partial charge in [-0.25, -0.2) is 18.7 Å². The van der Waals surface area contributed by atoms with Crippen LogP contribution in [0.3, 0.4) is 0 Å². The van der Waals surface area contributed by atoms with Gasteiger partial charge in [0.15, 0.2) is 5.13 Å². The molecule has 11 heteroatoms. The highest BCUT2D eigenvalue weighted by atomic mass is 32.1. The van der Waals surface area contributed by atoms with Gasteiger partial charge in [0.1, 0.15) is 28.1 Å². The summed E-state index contributed by atoms with van der Waals surface area (Å²) in [6.45, 7) is 8.64. The zero-order valence-corrected chi connectivity index (χ0v) is 19.9. The number of halogens is 2. The summed E-state index contributed by atoms with van der Waals surface area (Å²) in [4.78, 5) is 35.5. The van der Waals surface area contributed by atoms with Crippen LogP contribution in [0.15, 0.2) is 36.5 Å². The van der Waals surface area contributed by atoms with Crippen LogP contribution in [0.2, 0.25) is 0 Å². The van der Waals surface area contributed by atoms with E-state index in [0.717, 1.165) is 43.1 Å². The normalized spacial score (nSPS) is 11.9. The van der Waals surface area contributed by atoms with Crippen LogP contribution in [-0.4, -0.2) is 52.2 Å². The van der Waals surface area contributed by atoms with Crippen LogP contribution in [0.4, 0.5) is 25.5 Å². The van der Waals surface area contributed by atoms with E-state index in [2.05, 4.69) is 39.3 Å². The van der Waals surface area contributed by atoms with E-state index < -0.39 is 23.0 Å². The maximum Gasteiger partial charge on any atom is 0.253 e. The molecule has 3 rings (SSSR count). The van der Waals surface area contributed by atoms with Gasteiger partial charge in [-0.05, 0) is 44.3 Å². The molecular weight excluding hydrogens is 462 g/mol. The first-order valence-electron chi connectivity index (χ1n) is 10.7. The molecule has 0 saturated heterocycles. The highest BCUT2D eigenvalue weighted by Crippen LogP contribution is 2.30. The molecule has 0 aliphatic rings. The SMILES string of the molecule is CCN(CC)C[C@@H](C)NC(=O)c1ccc(Nc2nc(N)c(C(=O)c3c(F)cccc3F)s2)nc1. The maximum absolute atomic E-state index is 14.0. The number of benzene rings is 1. The van der Waals surface area contributed by atoms with E-state index in [1.54, 1.807) is 12.1 Å². The number of rotatable bonds is 10. The summed E-state index contributed by atoms with van der Waals surface area (Å²) in [5.41, 5.74) is 5.52. The quantitative estimate of drug-likeness (QED) is 0.372. The van der Waals surface area contributed by atoms with Gasteiger partial charge in [0.25, 0.3) is 5.91 Å². The van der Waals surface area contributed by atoms with Crippen molar-refractivity contribution in [3.63, 3.8) is 0 Å². The van der Waals surface area contributed by atoms with Gasteiger partial charge < -0.3 is 21.3 Å². The highest BCUT2D eigenvalue weighted by molar-refractivity contribution is 7.18. The summed E-state index contributed by atoms with van der Waals surface area (Å²) in [5.74, 6) is -2.88. The maximum atomic E-state index is 14.0. The van der Waals surface area contributed by atoms with Gasteiger partial charge in [-0.3, -0.25) is 9.59 Å². The van der Waals surface area contributed by atoms with E-state index in [1.807, 2.05) is 6.92 Å². The van der Waals surface area contributed by atoms with Gasteiger partial charge in [0.2, 0.25) is 5.78 Å². The molecule has 0 radical (unpaired) electrons. The largest absolute Gasteiger partial charge is 0.382 e. The number of thiazole rings is 1. The lowest BCUT2D eigenvalue weighted by Gasteiger charge is -2.23. The van der Waals surface area contributed by atoms with Gasteiger partial charge in [-0.15, -0.1) is 0 Å². The van der Waals surface area contributed by atoms with Crippen molar-refractivity contribution in [1.29, 1.82) is 0 Å². The van der Waals surface area contributed by atoms with E-state index in [9.17, 15) is 18.4 Å². The van der Waals surface area contributed by atoms with Crippen molar-refractivity contribution in [3.8, 4) is 0 Å². The molecule has 2 heterocycles. The molecule has 0 saturated carbocycles. The van der Waals surface area contributed by atoms with Crippen molar-refractivity contribution < 1.29 is 18.4 Å². The number of ketones is 1. The van der Waals surface area contributed by atoms with E-state index in [0.29, 0.717) is 11.4 Å². The number of nitrogen functional groups attached to an aromatic ring is 1. The summed E-state index contributed by atoms with van der Waals surface area (Å²) >= 11 is 0.849. The molecule has 34 heavy (non-hydrogen) atoms. The van der Waals surface area contributed by atoms with Gasteiger partial charge >= 0.3 is 0 Å². The zero-order valence-electron chi connectivity index (χ0n) is 19.1. The molecule has 180 valence electrons. The number of pyridine rings is 1. The van der Waals surface area contributed by atoms with Crippen LogP contribution in [0.25, 0.3) is 0 Å². The Morgan fingerprint density at radius 2 is 1.82 bits per heavy atom. The van der Waals surface area contributed by atoms with E-state index in [-0.39, 0.29) is 27.8 Å². The lowest BCUT2D eigenvalue weighted by atomic mass is 10.1. The summed E-state index contributed by atoms with van der Waals surface area (Å²) in [6, 6.07) is 6.33. The zero-order chi connectivity index (χ0) is 24.8. The van der Waals surface area contributed by atoms with Gasteiger partial charge in [-0.2, -0.15) is 0 Å². The van der Waals surface area contributed by atoms with Crippen molar-refractivity contribution in [2.75, 3.05) is 30.7 Å². The number of nitrogens with two attached hydrogens (primary N) is 1. The Morgan fingerprint density at radius 1 is 1.15 bits per heavy atom. The lowest BCUT2D eigenvalue weighted by Crippen LogP contribution is -2.41. The molecule has 2 aromatic heterocycles. The van der Waals surface area contributed by atoms with E-state index >= 15 is 0 Å². The van der Waals surface area contributed by atoms with Crippen LogP contribution in [0, 0.1) is 11.6 Å². The first kappa shape index (κ1) is 25.2. The summed E-state index contributed by atoms with van der Waals surface area (Å²) in [6.07, 6.45) is 1.42. The Morgan fingerprint density at radius 3 is 2.41 bits per heavy atom. The molecule has 1 aromatic carbocycles. The van der Waals surface area contributed by atoms with Gasteiger partial charge in [-0.1, -0.05) is 31.3 Å². The van der Waals surface area contributed by atoms with E-state index in [1.165, 1.54) is 12.3 Å². The molecule has 1 atom stereocenters. The lowest BCUT2D eigenvalue weighted by molar-refractivity contribution is 0.0929. The molecule has 0 unspecified atom stereocenters. The Bertz CT molecular complexity index is 1140. The number of likely N-dealkylation sites (N-methyl/N-ethyl adjacent to an activating group) is 1. The molecule has 0 aliphatic carbocycles. The van der Waals surface area contributed by atoms with Crippen molar-refractivity contribution in [3.05, 3.63) is 64.2 Å². The summed E-state index contributed by atoms with van der Waals surface area (Å²) < 4.78 is 27.9. The van der Waals surface area contributed by atoms with Crippen molar-refractivity contribution in [2.24, 2.45) is 0 Å². The van der Waals surface area contributed by atoms with E-state index in [4.69, 9.17) is 5.73 Å². The third kappa shape index (κ3) is 5.91. The Balaban J connectivity index is 1.67. The third-order valence-electron chi connectivity index (χ3n) is 5.11. The van der Waals surface area contributed by atoms with Crippen LogP contribution in [0.1, 0.15) is 46.4 Å². The number of aromatic nitrogens is 2. The topological polar surface area (TPSA) is 113 Å². The molecule has 0 spiro atoms. The highest BCUT2D eigenvalue weighted by Gasteiger charge is 2.24. The fourth-order valence-electron chi connectivity index (χ4n) is 3.31. The molecule has 1 amide bonds. The van der Waals surface area contributed by atoms with Crippen molar-refractivity contribution >= 4 is 39.8 Å². The number of amides is 1. The second-order valence-electron chi connectivity index (χ2n) is 7.58. The van der Waals surface area contributed by atoms with Crippen molar-refractivity contribution in [2.45, 2.75) is 26.8 Å². The third-order valence-corrected chi connectivity index (χ3v) is 6.10. The number of carbonyl (C=O) groups is 2. The Hall–Kier alpha value is -3.44. The second-order valence-corrected chi connectivity index (χ2v) is 8.58. The average molecular weight is 489 g/mol. The number of anilines is 3. The standard InChI is InChI=1S/C23H26F2N6O2S/c1-4-31(5-2)12-13(3)28-22(33)14-9-10-17(27-11-14)29-23-30-21(26)20(34-23)19(32)18-15(24)7-6-8-16(18)25/h6-11,13H,4-5,12,26H2,1-3H3,(H,28,33)(H,27,29,30)/t13-/m1/s1. The molecule has 4 N–H and O–H groups in total. The minimum absolute atomic E-state index is 0.0289. The Labute approximate surface area is 200 Å². The number of hydrogen-bond acceptors (Lipinski definition) is 8. The smallest absolute Gasteiger partial charge is 0.253 e. The predicted molar refractivity (Wildman–Crippen MR) is 129 cm³/mol. The number of nitrogens with zero attached hydrogens (tertiary/aromatic N) is 3. The number of carbonyl (C=O) groups excluding carboxylic acids is 2. The second kappa shape index (κ2) is 11.1. The first-order chi connectivity index (χ1) is 16.2. The van der Waals surface area contributed by atoms with Crippen LogP contribution < -0.4 is 16.4 Å². The molecule has 0 aliphatic heterocycles. The predicted octanol–water partition coefficient (Wildman–Crippen LogP) is 3.83. The average Bonchev–Trinajstić information content (AvgIpc) is 3.17. The number of nitrogens with one attached hydrogen (secondary N) is 2. The number of hydrogen-bond donors (Lipinski definition) is 3. The van der Waals surface area contributed by atoms with Crippen LogP contribution >= 0.6 is 11.3 Å². The van der Waals surface area contributed by atoms with Gasteiger partial charge in [0.05, 0.1) is 11.1 Å². The molecule has 3 aromatic rings. The first-order valence-corrected chi connectivity index (χ1v) is 11.6. The summed E-state index contributed by atoms with van der Waals surface area (Å²) in [7, 11) is 0. The fourth-order valence-corrected chi connectivity index (χ4v) is 4.15. The fraction of sp³-hybridized carbons (Fsp3) is 0.304. The molecule has 0 fully saturated rings. The molecular formula is C23H26F2N6O2S. The minimum atomic E-state index is -0.978. The van der Waals surface area contributed by atoms with Crippen LogP contribution in [0.5, 0.6) is 0 Å². The molecule has 8 nitrogen and oxygen atoms in total. The monoisotopic (exact) mass is 488 g/mol. The summed E-state index contributed by atoms with van der Waals surface area (Å²) in [5, 5.41) is 6.05. The van der Waals surface area contributed by atoms with Gasteiger partial charge in [0, 0.05) is 18.8 Å². The Kier molecular flexibility index (Phi) is 8.24. The molecule has 0 bridgehead atoms.